The van der Waals surface area contributed by atoms with Crippen LogP contribution in [0.25, 0.3) is 0 Å². The second-order valence-electron chi connectivity index (χ2n) is 5.97. The summed E-state index contributed by atoms with van der Waals surface area (Å²) in [5.41, 5.74) is 0.201. The van der Waals surface area contributed by atoms with Crippen molar-refractivity contribution >= 4 is 14.0 Å². The fourth-order valence-electron chi connectivity index (χ4n) is 2.28. The van der Waals surface area contributed by atoms with Crippen molar-refractivity contribution in [2.45, 2.75) is 32.7 Å². The van der Waals surface area contributed by atoms with Crippen molar-refractivity contribution in [1.29, 1.82) is 0 Å². The molecular formula is C16H23NSi. The van der Waals surface area contributed by atoms with Gasteiger partial charge in [0.2, 0.25) is 0 Å². The minimum Gasteiger partial charge on any atom is -0.314 e. The number of nitrogens with one attached hydrogen (secondary N) is 1. The summed E-state index contributed by atoms with van der Waals surface area (Å²) in [6.45, 7) is 6.72. The normalized spacial score (nSPS) is 16.7. The number of benzene rings is 1. The molecule has 0 saturated carbocycles. The first-order valence-electron chi connectivity index (χ1n) is 6.72. The van der Waals surface area contributed by atoms with Crippen LogP contribution >= 0.6 is 0 Å². The first kappa shape index (κ1) is 13.3. The summed E-state index contributed by atoms with van der Waals surface area (Å²) in [4.78, 5) is 0. The molecule has 0 bridgehead atoms. The molecule has 96 valence electrons. The van der Waals surface area contributed by atoms with Crippen LogP contribution < -0.4 is 10.5 Å². The number of rotatable bonds is 4. The molecule has 2 rings (SSSR count). The Morgan fingerprint density at radius 1 is 1.17 bits per heavy atom. The van der Waals surface area contributed by atoms with Gasteiger partial charge in [-0.25, -0.2) is 0 Å². The second kappa shape index (κ2) is 5.68. The molecule has 1 aromatic carbocycles. The van der Waals surface area contributed by atoms with E-state index in [-0.39, 0.29) is 5.54 Å². The quantitative estimate of drug-likeness (QED) is 0.817. The van der Waals surface area contributed by atoms with Gasteiger partial charge in [0.05, 0.1) is 0 Å². The molecule has 0 spiro atoms. The summed E-state index contributed by atoms with van der Waals surface area (Å²) in [6.07, 6.45) is 9.09. The Morgan fingerprint density at radius 3 is 2.44 bits per heavy atom. The van der Waals surface area contributed by atoms with E-state index in [1.165, 1.54) is 0 Å². The Kier molecular flexibility index (Phi) is 4.20. The molecule has 1 nitrogen and oxygen atoms in total. The third-order valence-corrected chi connectivity index (χ3v) is 6.41. The van der Waals surface area contributed by atoms with Gasteiger partial charge in [-0.05, 0) is 33.4 Å². The fraction of sp³-hybridized carbons (Fsp3) is 0.375. The minimum atomic E-state index is -1.06. The molecule has 1 aliphatic carbocycles. The van der Waals surface area contributed by atoms with Crippen molar-refractivity contribution in [2.24, 2.45) is 0 Å². The van der Waals surface area contributed by atoms with Crippen LogP contribution in [0.5, 0.6) is 0 Å². The number of hydrogen-bond donors (Lipinski definition) is 1. The van der Waals surface area contributed by atoms with Gasteiger partial charge in [0.25, 0.3) is 0 Å². The van der Waals surface area contributed by atoms with E-state index >= 15 is 0 Å². The van der Waals surface area contributed by atoms with Crippen molar-refractivity contribution in [3.05, 3.63) is 53.8 Å². The highest BCUT2D eigenvalue weighted by Gasteiger charge is 2.21. The highest BCUT2D eigenvalue weighted by molar-refractivity contribution is 6.80. The van der Waals surface area contributed by atoms with Gasteiger partial charge in [-0.2, -0.15) is 0 Å². The smallest absolute Gasteiger partial charge is 0.112 e. The molecule has 1 aliphatic rings. The van der Waals surface area contributed by atoms with Crippen LogP contribution in [0, 0.1) is 0 Å². The third-order valence-electron chi connectivity index (χ3n) is 3.29. The fourth-order valence-corrected chi connectivity index (χ4v) is 5.47. The van der Waals surface area contributed by atoms with Crippen LogP contribution in [0.1, 0.15) is 27.2 Å². The summed E-state index contributed by atoms with van der Waals surface area (Å²) in [5, 5.41) is 6.89. The second-order valence-corrected chi connectivity index (χ2v) is 8.89. The summed E-state index contributed by atoms with van der Waals surface area (Å²) < 4.78 is 0. The molecule has 1 unspecified atom stereocenters. The molecule has 0 amide bonds. The monoisotopic (exact) mass is 257 g/mol. The Balaban J connectivity index is 2.14. The lowest BCUT2D eigenvalue weighted by Crippen LogP contribution is -2.48. The Bertz CT molecular complexity index is 440. The van der Waals surface area contributed by atoms with Gasteiger partial charge in [0.1, 0.15) is 8.80 Å². The van der Waals surface area contributed by atoms with Gasteiger partial charge in [0, 0.05) is 5.54 Å². The number of hydrogen-bond acceptors (Lipinski definition) is 1. The molecule has 0 radical (unpaired) electrons. The Morgan fingerprint density at radius 2 is 1.89 bits per heavy atom. The topological polar surface area (TPSA) is 12.0 Å². The van der Waals surface area contributed by atoms with Gasteiger partial charge < -0.3 is 5.32 Å². The zero-order valence-corrected chi connectivity index (χ0v) is 12.8. The maximum absolute atomic E-state index is 3.69. The molecular weight excluding hydrogens is 234 g/mol. The van der Waals surface area contributed by atoms with Crippen molar-refractivity contribution in [3.8, 4) is 0 Å². The SMILES string of the molecule is CC(C)(C)NC[SiH](C1=CC=CC1)c1ccccc1. The highest BCUT2D eigenvalue weighted by atomic mass is 28.3. The average molecular weight is 257 g/mol. The minimum absolute atomic E-state index is 0.201. The summed E-state index contributed by atoms with van der Waals surface area (Å²) in [5.74, 6) is 0. The van der Waals surface area contributed by atoms with Gasteiger partial charge >= 0.3 is 0 Å². The Labute approximate surface area is 112 Å². The standard InChI is InChI=1S/C16H23NSi/c1-16(2,3)17-13-18(15-11-7-8-12-15)14-9-5-4-6-10-14/h4-11,17-18H,12-13H2,1-3H3. The zero-order chi connectivity index (χ0) is 13.0. The largest absolute Gasteiger partial charge is 0.314 e. The van der Waals surface area contributed by atoms with E-state index in [9.17, 15) is 0 Å². The predicted octanol–water partition coefficient (Wildman–Crippen LogP) is 2.47. The first-order chi connectivity index (χ1) is 8.56. The van der Waals surface area contributed by atoms with Crippen LogP contribution in [0.4, 0.5) is 0 Å². The molecule has 1 N–H and O–H groups in total. The Hall–Kier alpha value is -1.12. The van der Waals surface area contributed by atoms with Gasteiger partial charge in [-0.15, -0.1) is 0 Å². The molecule has 1 aromatic rings. The summed E-state index contributed by atoms with van der Waals surface area (Å²) in [7, 11) is -1.06. The molecule has 0 aromatic heterocycles. The van der Waals surface area contributed by atoms with Crippen LogP contribution in [-0.2, 0) is 0 Å². The van der Waals surface area contributed by atoms with Gasteiger partial charge in [-0.1, -0.05) is 58.9 Å². The first-order valence-corrected chi connectivity index (χ1v) is 8.69. The average Bonchev–Trinajstić information content (AvgIpc) is 2.83. The van der Waals surface area contributed by atoms with E-state index in [0.717, 1.165) is 12.6 Å². The van der Waals surface area contributed by atoms with Crippen LogP contribution in [0.3, 0.4) is 0 Å². The molecule has 0 saturated heterocycles. The summed E-state index contributed by atoms with van der Waals surface area (Å²) >= 11 is 0. The lowest BCUT2D eigenvalue weighted by atomic mass is 10.1. The lowest BCUT2D eigenvalue weighted by Gasteiger charge is -2.25. The molecule has 0 heterocycles. The van der Waals surface area contributed by atoms with Crippen molar-refractivity contribution < 1.29 is 0 Å². The van der Waals surface area contributed by atoms with Crippen LogP contribution in [0.15, 0.2) is 53.8 Å². The third kappa shape index (κ3) is 3.69. The van der Waals surface area contributed by atoms with Gasteiger partial charge in [0.15, 0.2) is 0 Å². The number of allylic oxidation sites excluding steroid dienone is 4. The van der Waals surface area contributed by atoms with Crippen LogP contribution in [0.2, 0.25) is 0 Å². The maximum atomic E-state index is 3.69. The molecule has 0 fully saturated rings. The zero-order valence-electron chi connectivity index (χ0n) is 11.6. The molecule has 0 aliphatic heterocycles. The summed E-state index contributed by atoms with van der Waals surface area (Å²) in [6, 6.07) is 11.0. The van der Waals surface area contributed by atoms with Gasteiger partial charge in [-0.3, -0.25) is 0 Å². The van der Waals surface area contributed by atoms with E-state index < -0.39 is 8.80 Å². The van der Waals surface area contributed by atoms with E-state index in [1.54, 1.807) is 10.4 Å². The predicted molar refractivity (Wildman–Crippen MR) is 82.8 cm³/mol. The van der Waals surface area contributed by atoms with Crippen LogP contribution in [-0.4, -0.2) is 20.5 Å². The van der Waals surface area contributed by atoms with E-state index in [1.807, 2.05) is 0 Å². The maximum Gasteiger partial charge on any atom is 0.112 e. The van der Waals surface area contributed by atoms with Crippen molar-refractivity contribution in [3.63, 3.8) is 0 Å². The lowest BCUT2D eigenvalue weighted by molar-refractivity contribution is 0.457. The molecule has 18 heavy (non-hydrogen) atoms. The van der Waals surface area contributed by atoms with Crippen molar-refractivity contribution in [1.82, 2.24) is 5.32 Å². The van der Waals surface area contributed by atoms with Crippen molar-refractivity contribution in [2.75, 3.05) is 6.17 Å². The molecule has 1 atom stereocenters. The van der Waals surface area contributed by atoms with E-state index in [0.29, 0.717) is 0 Å². The molecule has 2 heteroatoms. The van der Waals surface area contributed by atoms with E-state index in [4.69, 9.17) is 0 Å². The van der Waals surface area contributed by atoms with E-state index in [2.05, 4.69) is 74.6 Å². The highest BCUT2D eigenvalue weighted by Crippen LogP contribution is 2.14.